The molecule has 1 N–H and O–H groups in total. The number of hydrogen-bond donors (Lipinski definition) is 1. The molecule has 1 aromatic heterocycles. The summed E-state index contributed by atoms with van der Waals surface area (Å²) in [5.74, 6) is -0.141. The number of amides is 1. The molecule has 3 aromatic carbocycles. The van der Waals surface area contributed by atoms with Crippen LogP contribution in [0.2, 0.25) is 0 Å². The van der Waals surface area contributed by atoms with Gasteiger partial charge in [-0.2, -0.15) is 0 Å². The number of nitrogens with zero attached hydrogens (tertiary/aromatic N) is 1. The molecule has 1 heterocycles. The van der Waals surface area contributed by atoms with Crippen LogP contribution < -0.4 is 5.32 Å². The number of fused-ring (bicyclic) bond motifs is 1. The zero-order valence-corrected chi connectivity index (χ0v) is 16.5. The molecule has 0 fully saturated rings. The van der Waals surface area contributed by atoms with Gasteiger partial charge in [0, 0.05) is 0 Å². The maximum atomic E-state index is 13.3. The number of anilines is 1. The van der Waals surface area contributed by atoms with Crippen LogP contribution in [0.1, 0.15) is 16.4 Å². The van der Waals surface area contributed by atoms with E-state index in [9.17, 15) is 9.18 Å². The van der Waals surface area contributed by atoms with Gasteiger partial charge in [0.05, 0.1) is 21.2 Å². The van der Waals surface area contributed by atoms with Crippen LogP contribution in [0.4, 0.5) is 9.52 Å². The predicted molar refractivity (Wildman–Crippen MR) is 115 cm³/mol. The average Bonchev–Trinajstić information content (AvgIpc) is 3.11. The monoisotopic (exact) mass is 408 g/mol. The lowest BCUT2D eigenvalue weighted by molar-refractivity contribution is -0.113. The topological polar surface area (TPSA) is 42.0 Å². The van der Waals surface area contributed by atoms with Gasteiger partial charge in [0.25, 0.3) is 0 Å². The van der Waals surface area contributed by atoms with Crippen LogP contribution in [-0.2, 0) is 4.79 Å². The molecule has 0 saturated heterocycles. The molecule has 0 unspecified atom stereocenters. The highest BCUT2D eigenvalue weighted by atomic mass is 32.2. The van der Waals surface area contributed by atoms with E-state index in [-0.39, 0.29) is 17.0 Å². The highest BCUT2D eigenvalue weighted by Gasteiger charge is 2.17. The Labute approximate surface area is 170 Å². The van der Waals surface area contributed by atoms with Crippen LogP contribution in [0.3, 0.4) is 0 Å². The van der Waals surface area contributed by atoms with E-state index in [0.29, 0.717) is 16.4 Å². The van der Waals surface area contributed by atoms with Crippen molar-refractivity contribution in [2.45, 2.75) is 5.25 Å². The number of carbonyl (C=O) groups excluding carboxylic acids is 1. The van der Waals surface area contributed by atoms with Crippen LogP contribution in [0.15, 0.2) is 78.9 Å². The van der Waals surface area contributed by atoms with Gasteiger partial charge >= 0.3 is 0 Å². The summed E-state index contributed by atoms with van der Waals surface area (Å²) in [5.41, 5.74) is 2.99. The van der Waals surface area contributed by atoms with Gasteiger partial charge in [0.1, 0.15) is 5.82 Å². The highest BCUT2D eigenvalue weighted by Crippen LogP contribution is 2.35. The molecule has 0 aliphatic rings. The van der Waals surface area contributed by atoms with E-state index >= 15 is 0 Å². The number of halogens is 1. The fourth-order valence-corrected chi connectivity index (χ4v) is 4.90. The Balaban J connectivity index is 1.46. The van der Waals surface area contributed by atoms with Crippen molar-refractivity contribution < 1.29 is 9.18 Å². The Morgan fingerprint density at radius 1 is 1.00 bits per heavy atom. The summed E-state index contributed by atoms with van der Waals surface area (Å²) in [5, 5.41) is 3.39. The van der Waals surface area contributed by atoms with Crippen molar-refractivity contribution in [3.05, 3.63) is 95.8 Å². The Morgan fingerprint density at radius 2 is 1.64 bits per heavy atom. The quantitative estimate of drug-likeness (QED) is 0.432. The zero-order valence-electron chi connectivity index (χ0n) is 14.8. The van der Waals surface area contributed by atoms with Crippen LogP contribution >= 0.6 is 23.1 Å². The van der Waals surface area contributed by atoms with Crippen molar-refractivity contribution in [3.63, 3.8) is 0 Å². The molecule has 3 nitrogen and oxygen atoms in total. The maximum Gasteiger partial charge on any atom is 0.236 e. The summed E-state index contributed by atoms with van der Waals surface area (Å²) in [6, 6.07) is 24.7. The largest absolute Gasteiger partial charge is 0.301 e. The average molecular weight is 409 g/mol. The molecule has 6 heteroatoms. The number of hydrogen-bond acceptors (Lipinski definition) is 4. The number of rotatable bonds is 6. The minimum atomic E-state index is -0.307. The zero-order chi connectivity index (χ0) is 19.3. The minimum Gasteiger partial charge on any atom is -0.301 e. The molecule has 0 spiro atoms. The Bertz CT molecular complexity index is 1040. The van der Waals surface area contributed by atoms with Crippen LogP contribution in [0.5, 0.6) is 0 Å². The third-order valence-corrected chi connectivity index (χ3v) is 6.42. The second-order valence-corrected chi connectivity index (χ2v) is 8.32. The SMILES string of the molecule is O=C(CSC(c1ccccc1)c1ccccc1)Nc1nc2ccc(F)cc2s1. The number of benzene rings is 3. The van der Waals surface area contributed by atoms with Crippen molar-refractivity contribution in [1.82, 2.24) is 4.98 Å². The molecule has 0 aliphatic heterocycles. The lowest BCUT2D eigenvalue weighted by Crippen LogP contribution is -2.15. The first-order valence-corrected chi connectivity index (χ1v) is 10.6. The lowest BCUT2D eigenvalue weighted by Gasteiger charge is -2.17. The van der Waals surface area contributed by atoms with Crippen molar-refractivity contribution in [3.8, 4) is 0 Å². The molecule has 0 radical (unpaired) electrons. The molecule has 4 aromatic rings. The summed E-state index contributed by atoms with van der Waals surface area (Å²) in [4.78, 5) is 16.8. The van der Waals surface area contributed by atoms with Gasteiger partial charge < -0.3 is 5.32 Å². The summed E-state index contributed by atoms with van der Waals surface area (Å²) in [6.45, 7) is 0. The van der Waals surface area contributed by atoms with Gasteiger partial charge in [-0.3, -0.25) is 4.79 Å². The van der Waals surface area contributed by atoms with Gasteiger partial charge in [-0.25, -0.2) is 9.37 Å². The minimum absolute atomic E-state index is 0.0672. The van der Waals surface area contributed by atoms with E-state index in [1.54, 1.807) is 17.8 Å². The molecule has 0 bridgehead atoms. The first-order chi connectivity index (χ1) is 13.7. The first kappa shape index (κ1) is 18.7. The molecule has 0 aliphatic carbocycles. The van der Waals surface area contributed by atoms with Crippen LogP contribution in [-0.4, -0.2) is 16.6 Å². The van der Waals surface area contributed by atoms with Crippen molar-refractivity contribution in [2.24, 2.45) is 0 Å². The fourth-order valence-electron chi connectivity index (χ4n) is 2.91. The summed E-state index contributed by atoms with van der Waals surface area (Å²) in [6.07, 6.45) is 0. The number of thiazole rings is 1. The van der Waals surface area contributed by atoms with E-state index in [0.717, 1.165) is 15.8 Å². The van der Waals surface area contributed by atoms with Crippen molar-refractivity contribution in [2.75, 3.05) is 11.1 Å². The fraction of sp³-hybridized carbons (Fsp3) is 0.0909. The number of nitrogens with one attached hydrogen (secondary N) is 1. The number of carbonyl (C=O) groups is 1. The second kappa shape index (κ2) is 8.54. The number of aromatic nitrogens is 1. The van der Waals surface area contributed by atoms with E-state index in [1.165, 1.54) is 23.5 Å². The van der Waals surface area contributed by atoms with E-state index < -0.39 is 0 Å². The standard InChI is InChI=1S/C22H17FN2OS2/c23-17-11-12-18-19(13-17)28-22(24-18)25-20(26)14-27-21(15-7-3-1-4-8-15)16-9-5-2-6-10-16/h1-13,21H,14H2,(H,24,25,26). The Morgan fingerprint density at radius 3 is 2.29 bits per heavy atom. The highest BCUT2D eigenvalue weighted by molar-refractivity contribution is 8.00. The molecular formula is C22H17FN2OS2. The third-order valence-electron chi connectivity index (χ3n) is 4.18. The molecule has 1 amide bonds. The first-order valence-electron chi connectivity index (χ1n) is 8.76. The van der Waals surface area contributed by atoms with Gasteiger partial charge in [0.15, 0.2) is 5.13 Å². The van der Waals surface area contributed by atoms with Gasteiger partial charge in [-0.1, -0.05) is 72.0 Å². The molecule has 28 heavy (non-hydrogen) atoms. The van der Waals surface area contributed by atoms with Crippen molar-refractivity contribution >= 4 is 44.4 Å². The normalized spacial score (nSPS) is 11.1. The lowest BCUT2D eigenvalue weighted by atomic mass is 10.0. The summed E-state index contributed by atoms with van der Waals surface area (Å²) < 4.78 is 14.0. The molecule has 140 valence electrons. The number of thioether (sulfide) groups is 1. The third kappa shape index (κ3) is 4.40. The van der Waals surface area contributed by atoms with E-state index in [2.05, 4.69) is 34.6 Å². The van der Waals surface area contributed by atoms with E-state index in [1.807, 2.05) is 36.4 Å². The van der Waals surface area contributed by atoms with Gasteiger partial charge in [-0.15, -0.1) is 11.8 Å². The summed E-state index contributed by atoms with van der Waals surface area (Å²) >= 11 is 2.84. The molecule has 4 rings (SSSR count). The second-order valence-electron chi connectivity index (χ2n) is 6.19. The smallest absolute Gasteiger partial charge is 0.236 e. The Hall–Kier alpha value is -2.70. The molecular weight excluding hydrogens is 391 g/mol. The summed E-state index contributed by atoms with van der Waals surface area (Å²) in [7, 11) is 0. The molecule has 0 atom stereocenters. The van der Waals surface area contributed by atoms with E-state index in [4.69, 9.17) is 0 Å². The van der Waals surface area contributed by atoms with Gasteiger partial charge in [-0.05, 0) is 29.3 Å². The molecule has 0 saturated carbocycles. The van der Waals surface area contributed by atoms with Crippen molar-refractivity contribution in [1.29, 1.82) is 0 Å². The maximum absolute atomic E-state index is 13.3. The van der Waals surface area contributed by atoms with Crippen LogP contribution in [0, 0.1) is 5.82 Å². The predicted octanol–water partition coefficient (Wildman–Crippen LogP) is 5.90. The van der Waals surface area contributed by atoms with Crippen LogP contribution in [0.25, 0.3) is 10.2 Å². The Kier molecular flexibility index (Phi) is 5.69. The van der Waals surface area contributed by atoms with Gasteiger partial charge in [0.2, 0.25) is 5.91 Å².